The second-order valence-corrected chi connectivity index (χ2v) is 12.4. The number of carbonyl (C=O) groups excluding carboxylic acids is 1. The van der Waals surface area contributed by atoms with E-state index in [0.29, 0.717) is 24.5 Å². The Labute approximate surface area is 222 Å². The van der Waals surface area contributed by atoms with Crippen molar-refractivity contribution in [2.45, 2.75) is 82.0 Å². The molecular formula is C29H36N6OS. The first-order chi connectivity index (χ1) is 18.1. The van der Waals surface area contributed by atoms with Crippen LogP contribution < -0.4 is 20.9 Å². The summed E-state index contributed by atoms with van der Waals surface area (Å²) >= 11 is 1.72. The number of nitrogens with zero attached hydrogens (tertiary/aromatic N) is 4. The highest BCUT2D eigenvalue weighted by atomic mass is 32.1. The van der Waals surface area contributed by atoms with E-state index in [1.807, 2.05) is 0 Å². The summed E-state index contributed by atoms with van der Waals surface area (Å²) in [5.41, 5.74) is 7.97. The number of aromatic nitrogens is 2. The Balaban J connectivity index is 1.26. The first kappa shape index (κ1) is 23.4. The maximum absolute atomic E-state index is 11.5. The first-order valence-corrected chi connectivity index (χ1v) is 14.9. The van der Waals surface area contributed by atoms with E-state index in [1.165, 1.54) is 61.5 Å². The molecule has 1 amide bonds. The lowest BCUT2D eigenvalue weighted by molar-refractivity contribution is -0.118. The van der Waals surface area contributed by atoms with Gasteiger partial charge in [0, 0.05) is 54.6 Å². The number of carbonyl (C=O) groups is 1. The van der Waals surface area contributed by atoms with Gasteiger partial charge in [-0.1, -0.05) is 36.8 Å². The second kappa shape index (κ2) is 9.55. The van der Waals surface area contributed by atoms with Crippen LogP contribution in [-0.4, -0.2) is 53.1 Å². The molecule has 7 rings (SSSR count). The number of nitrogens with one attached hydrogen (secondary N) is 1. The van der Waals surface area contributed by atoms with Crippen LogP contribution in [0.15, 0.2) is 35.7 Å². The number of thiophene rings is 1. The molecule has 194 valence electrons. The van der Waals surface area contributed by atoms with Crippen LogP contribution in [0, 0.1) is 5.92 Å². The Bertz CT molecular complexity index is 1280. The second-order valence-electron chi connectivity index (χ2n) is 11.6. The Morgan fingerprint density at radius 3 is 2.51 bits per heavy atom. The van der Waals surface area contributed by atoms with Crippen molar-refractivity contribution in [3.63, 3.8) is 0 Å². The normalized spacial score (nSPS) is 27.7. The van der Waals surface area contributed by atoms with Gasteiger partial charge in [0.05, 0.1) is 5.39 Å². The lowest BCUT2D eigenvalue weighted by Crippen LogP contribution is -2.53. The summed E-state index contributed by atoms with van der Waals surface area (Å²) in [5, 5.41) is 7.43. The third-order valence-corrected chi connectivity index (χ3v) is 9.97. The van der Waals surface area contributed by atoms with Gasteiger partial charge in [-0.15, -0.1) is 11.3 Å². The molecule has 4 aliphatic rings. The van der Waals surface area contributed by atoms with Crippen molar-refractivity contribution in [2.24, 2.45) is 11.7 Å². The van der Waals surface area contributed by atoms with Crippen molar-refractivity contribution in [1.29, 1.82) is 0 Å². The number of hydrogen-bond donors (Lipinski definition) is 2. The Morgan fingerprint density at radius 2 is 1.81 bits per heavy atom. The average Bonchev–Trinajstić information content (AvgIpc) is 3.57. The van der Waals surface area contributed by atoms with Crippen molar-refractivity contribution >= 4 is 39.2 Å². The summed E-state index contributed by atoms with van der Waals surface area (Å²) in [6, 6.07) is 13.1. The molecule has 3 N–H and O–H groups in total. The van der Waals surface area contributed by atoms with Gasteiger partial charge in [0.15, 0.2) is 0 Å². The maximum atomic E-state index is 11.5. The molecule has 0 spiro atoms. The van der Waals surface area contributed by atoms with Crippen LogP contribution in [0.1, 0.15) is 57.8 Å². The Kier molecular flexibility index (Phi) is 6.04. The molecule has 3 aliphatic heterocycles. The smallest absolute Gasteiger partial charge is 0.228 e. The van der Waals surface area contributed by atoms with Crippen LogP contribution in [0.25, 0.3) is 21.3 Å². The number of hydrogen-bond acceptors (Lipinski definition) is 7. The number of nitrogens with two attached hydrogens (primary N) is 1. The van der Waals surface area contributed by atoms with Gasteiger partial charge in [-0.25, -0.2) is 4.98 Å². The van der Waals surface area contributed by atoms with Crippen molar-refractivity contribution < 1.29 is 4.79 Å². The van der Waals surface area contributed by atoms with Gasteiger partial charge in [-0.3, -0.25) is 4.79 Å². The Morgan fingerprint density at radius 1 is 1.03 bits per heavy atom. The van der Waals surface area contributed by atoms with Crippen molar-refractivity contribution in [2.75, 3.05) is 22.9 Å². The highest BCUT2D eigenvalue weighted by Gasteiger charge is 2.43. The maximum Gasteiger partial charge on any atom is 0.228 e. The quantitative estimate of drug-likeness (QED) is 0.473. The lowest BCUT2D eigenvalue weighted by Gasteiger charge is -2.43. The standard InChI is InChI=1S/C29H36N6OS/c30-25(36)13-18-11-12-34(16-18)29-32-27(26-24(17-37-28(26)33-29)19-5-2-1-3-6-19)35-22-9-10-23(35)15-21(14-22)31-20-7-4-8-20/h1-3,5-6,17-18,20-23,31H,4,7-16H2,(H2,30,36). The van der Waals surface area contributed by atoms with Crippen molar-refractivity contribution in [1.82, 2.24) is 15.3 Å². The topological polar surface area (TPSA) is 87.4 Å². The van der Waals surface area contributed by atoms with Gasteiger partial charge in [0.2, 0.25) is 11.9 Å². The molecule has 2 bridgehead atoms. The molecule has 3 atom stereocenters. The number of anilines is 2. The molecule has 1 aliphatic carbocycles. The number of piperidine rings is 1. The van der Waals surface area contributed by atoms with E-state index >= 15 is 0 Å². The van der Waals surface area contributed by atoms with Crippen LogP contribution in [0.4, 0.5) is 11.8 Å². The molecule has 37 heavy (non-hydrogen) atoms. The minimum absolute atomic E-state index is 0.218. The van der Waals surface area contributed by atoms with Crippen LogP contribution >= 0.6 is 11.3 Å². The lowest BCUT2D eigenvalue weighted by atomic mass is 9.89. The van der Waals surface area contributed by atoms with Gasteiger partial charge in [0.25, 0.3) is 0 Å². The summed E-state index contributed by atoms with van der Waals surface area (Å²) in [7, 11) is 0. The molecule has 4 fully saturated rings. The van der Waals surface area contributed by atoms with E-state index in [0.717, 1.165) is 42.1 Å². The zero-order valence-electron chi connectivity index (χ0n) is 21.3. The summed E-state index contributed by atoms with van der Waals surface area (Å²) in [6.07, 6.45) is 10.3. The van der Waals surface area contributed by atoms with Gasteiger partial charge in [0.1, 0.15) is 10.6 Å². The minimum Gasteiger partial charge on any atom is -0.370 e. The van der Waals surface area contributed by atoms with Crippen LogP contribution in [-0.2, 0) is 4.79 Å². The summed E-state index contributed by atoms with van der Waals surface area (Å²) in [4.78, 5) is 28.0. The number of rotatable bonds is 7. The van der Waals surface area contributed by atoms with Crippen LogP contribution in [0.3, 0.4) is 0 Å². The summed E-state index contributed by atoms with van der Waals surface area (Å²) in [5.74, 6) is 2.00. The predicted octanol–water partition coefficient (Wildman–Crippen LogP) is 4.70. The van der Waals surface area contributed by atoms with Gasteiger partial charge < -0.3 is 20.9 Å². The van der Waals surface area contributed by atoms with E-state index < -0.39 is 0 Å². The highest BCUT2D eigenvalue weighted by molar-refractivity contribution is 7.17. The van der Waals surface area contributed by atoms with Gasteiger partial charge >= 0.3 is 0 Å². The van der Waals surface area contributed by atoms with E-state index in [1.54, 1.807) is 11.3 Å². The first-order valence-electron chi connectivity index (χ1n) is 14.0. The summed E-state index contributed by atoms with van der Waals surface area (Å²) < 4.78 is 0. The molecule has 8 heteroatoms. The van der Waals surface area contributed by atoms with Gasteiger partial charge in [-0.2, -0.15) is 4.98 Å². The fraction of sp³-hybridized carbons (Fsp3) is 0.552. The van der Waals surface area contributed by atoms with E-state index in [9.17, 15) is 4.79 Å². The zero-order chi connectivity index (χ0) is 24.9. The molecule has 1 aromatic carbocycles. The van der Waals surface area contributed by atoms with E-state index in [-0.39, 0.29) is 11.8 Å². The zero-order valence-corrected chi connectivity index (χ0v) is 22.1. The monoisotopic (exact) mass is 516 g/mol. The average molecular weight is 517 g/mol. The molecule has 0 radical (unpaired) electrons. The number of primary amides is 1. The SMILES string of the molecule is NC(=O)CC1CCN(c2nc(N3C4CCC3CC(NC3CCC3)C4)c3c(-c4ccccc4)csc3n2)C1. The van der Waals surface area contributed by atoms with Crippen LogP contribution in [0.5, 0.6) is 0 Å². The fourth-order valence-corrected chi connectivity index (χ4v) is 8.04. The van der Waals surface area contributed by atoms with Crippen LogP contribution in [0.2, 0.25) is 0 Å². The van der Waals surface area contributed by atoms with Gasteiger partial charge in [-0.05, 0) is 56.4 Å². The number of benzene rings is 1. The fourth-order valence-electron chi connectivity index (χ4n) is 7.10. The molecule has 3 aromatic rings. The third-order valence-electron chi connectivity index (χ3n) is 9.10. The molecule has 3 unspecified atom stereocenters. The van der Waals surface area contributed by atoms with Crippen molar-refractivity contribution in [3.8, 4) is 11.1 Å². The van der Waals surface area contributed by atoms with E-state index in [4.69, 9.17) is 15.7 Å². The molecule has 1 saturated carbocycles. The molecule has 2 aromatic heterocycles. The number of fused-ring (bicyclic) bond motifs is 3. The summed E-state index contributed by atoms with van der Waals surface area (Å²) in [6.45, 7) is 1.67. The largest absolute Gasteiger partial charge is 0.370 e. The van der Waals surface area contributed by atoms with E-state index in [2.05, 4.69) is 50.8 Å². The predicted molar refractivity (Wildman–Crippen MR) is 150 cm³/mol. The number of amides is 1. The molecular weight excluding hydrogens is 480 g/mol. The van der Waals surface area contributed by atoms with Crippen molar-refractivity contribution in [3.05, 3.63) is 35.7 Å². The third kappa shape index (κ3) is 4.38. The minimum atomic E-state index is -0.218. The molecule has 7 nitrogen and oxygen atoms in total. The molecule has 5 heterocycles. The Hall–Kier alpha value is -2.71. The molecule has 3 saturated heterocycles. The highest BCUT2D eigenvalue weighted by Crippen LogP contribution is 2.46.